The molecule has 0 bridgehead atoms. The van der Waals surface area contributed by atoms with Gasteiger partial charge in [0.15, 0.2) is 6.10 Å². The first kappa shape index (κ1) is 41.0. The lowest BCUT2D eigenvalue weighted by molar-refractivity contribution is -0.161. The molecule has 0 radical (unpaired) electrons. The zero-order valence-electron chi connectivity index (χ0n) is 26.4. The SMILES string of the molecule is CCCCCCCCCC(=O)OC[C@H](COP(=O)(O)O)OC(=O)CCC/C=C\C/C=C\C/C=C\C=C\[C@@H](O)CCCCC. The van der Waals surface area contributed by atoms with E-state index in [1.807, 2.05) is 36.5 Å². The third-order valence-electron chi connectivity index (χ3n) is 6.45. The highest BCUT2D eigenvalue weighted by Gasteiger charge is 2.22. The van der Waals surface area contributed by atoms with E-state index in [4.69, 9.17) is 19.3 Å². The van der Waals surface area contributed by atoms with Gasteiger partial charge in [-0.05, 0) is 38.5 Å². The monoisotopic (exact) mass is 628 g/mol. The van der Waals surface area contributed by atoms with Crippen molar-refractivity contribution in [2.75, 3.05) is 13.2 Å². The average molecular weight is 629 g/mol. The highest BCUT2D eigenvalue weighted by atomic mass is 31.2. The van der Waals surface area contributed by atoms with Gasteiger partial charge in [-0.2, -0.15) is 0 Å². The summed E-state index contributed by atoms with van der Waals surface area (Å²) in [5.41, 5.74) is 0. The molecule has 0 aromatic rings. The molecule has 10 heteroatoms. The molecule has 0 aromatic carbocycles. The van der Waals surface area contributed by atoms with Gasteiger partial charge in [0.05, 0.1) is 12.7 Å². The number of phosphoric acid groups is 1. The molecule has 43 heavy (non-hydrogen) atoms. The van der Waals surface area contributed by atoms with Crippen LogP contribution in [0.3, 0.4) is 0 Å². The molecule has 0 amide bonds. The van der Waals surface area contributed by atoms with Crippen LogP contribution < -0.4 is 0 Å². The van der Waals surface area contributed by atoms with Crippen LogP contribution in [0.15, 0.2) is 48.6 Å². The summed E-state index contributed by atoms with van der Waals surface area (Å²) >= 11 is 0. The molecule has 0 unspecified atom stereocenters. The number of aliphatic hydroxyl groups excluding tert-OH is 1. The number of esters is 2. The van der Waals surface area contributed by atoms with E-state index in [0.29, 0.717) is 19.3 Å². The number of unbranched alkanes of at least 4 members (excludes halogenated alkanes) is 9. The normalized spacial score (nSPS) is 13.9. The molecule has 0 rings (SSSR count). The van der Waals surface area contributed by atoms with E-state index in [0.717, 1.165) is 57.8 Å². The van der Waals surface area contributed by atoms with E-state index < -0.39 is 32.5 Å². The average Bonchev–Trinajstić information content (AvgIpc) is 2.96. The van der Waals surface area contributed by atoms with Crippen LogP contribution in [-0.4, -0.2) is 52.3 Å². The molecule has 0 aromatic heterocycles. The standard InChI is InChI=1S/C33H57O9P/c1-3-5-7-8-14-18-22-26-32(35)40-28-31(29-41-43(37,38)39)42-33(36)27-23-19-16-13-11-9-10-12-15-17-21-25-30(34)24-20-6-4-2/h9-10,13,15-17,21,25,30-31,34H,3-8,11-12,14,18-20,22-24,26-29H2,1-2H3,(H2,37,38,39)/b10-9-,16-13-,17-15-,25-21+/t30-,31+/m0/s1. The Morgan fingerprint density at radius 1 is 0.721 bits per heavy atom. The first-order chi connectivity index (χ1) is 20.7. The Balaban J connectivity index is 4.20. The van der Waals surface area contributed by atoms with E-state index in [1.54, 1.807) is 0 Å². The number of hydrogen-bond acceptors (Lipinski definition) is 7. The molecule has 0 saturated carbocycles. The lowest BCUT2D eigenvalue weighted by Gasteiger charge is -2.18. The van der Waals surface area contributed by atoms with E-state index >= 15 is 0 Å². The fraction of sp³-hybridized carbons (Fsp3) is 0.697. The van der Waals surface area contributed by atoms with Crippen molar-refractivity contribution in [1.29, 1.82) is 0 Å². The van der Waals surface area contributed by atoms with Crippen LogP contribution in [0, 0.1) is 0 Å². The summed E-state index contributed by atoms with van der Waals surface area (Å²) in [6.07, 6.45) is 29.0. The summed E-state index contributed by atoms with van der Waals surface area (Å²) in [5.74, 6) is -0.990. The maximum Gasteiger partial charge on any atom is 0.469 e. The van der Waals surface area contributed by atoms with E-state index in [2.05, 4.69) is 30.5 Å². The highest BCUT2D eigenvalue weighted by molar-refractivity contribution is 7.46. The Kier molecular flexibility index (Phi) is 27.4. The van der Waals surface area contributed by atoms with E-state index in [1.165, 1.54) is 19.3 Å². The second-order valence-corrected chi connectivity index (χ2v) is 11.9. The molecule has 0 fully saturated rings. The van der Waals surface area contributed by atoms with E-state index in [-0.39, 0.29) is 25.6 Å². The Morgan fingerprint density at radius 2 is 1.33 bits per heavy atom. The van der Waals surface area contributed by atoms with Gasteiger partial charge in [-0.15, -0.1) is 0 Å². The maximum atomic E-state index is 12.2. The van der Waals surface area contributed by atoms with Crippen molar-refractivity contribution in [1.82, 2.24) is 0 Å². The molecule has 9 nitrogen and oxygen atoms in total. The first-order valence-electron chi connectivity index (χ1n) is 16.0. The molecule has 0 aliphatic rings. The number of hydrogen-bond donors (Lipinski definition) is 3. The van der Waals surface area contributed by atoms with Gasteiger partial charge in [0.2, 0.25) is 0 Å². The van der Waals surface area contributed by atoms with Gasteiger partial charge in [0.1, 0.15) is 6.61 Å². The van der Waals surface area contributed by atoms with Gasteiger partial charge in [-0.25, -0.2) is 4.57 Å². The van der Waals surface area contributed by atoms with Crippen molar-refractivity contribution in [3.63, 3.8) is 0 Å². The van der Waals surface area contributed by atoms with Crippen LogP contribution in [-0.2, 0) is 28.2 Å². The summed E-state index contributed by atoms with van der Waals surface area (Å²) < 4.78 is 26.0. The topological polar surface area (TPSA) is 140 Å². The van der Waals surface area contributed by atoms with Crippen LogP contribution in [0.1, 0.15) is 123 Å². The second kappa shape index (κ2) is 28.7. The summed E-state index contributed by atoms with van der Waals surface area (Å²) in [4.78, 5) is 42.3. The highest BCUT2D eigenvalue weighted by Crippen LogP contribution is 2.35. The Hall–Kier alpha value is -2.03. The number of rotatable bonds is 28. The van der Waals surface area contributed by atoms with Crippen molar-refractivity contribution in [2.45, 2.75) is 135 Å². The predicted octanol–water partition coefficient (Wildman–Crippen LogP) is 7.81. The minimum atomic E-state index is -4.76. The number of carbonyl (C=O) groups excluding carboxylic acids is 2. The van der Waals surface area contributed by atoms with Gasteiger partial charge < -0.3 is 24.4 Å². The van der Waals surface area contributed by atoms with Crippen molar-refractivity contribution in [2.24, 2.45) is 0 Å². The third-order valence-corrected chi connectivity index (χ3v) is 6.94. The lowest BCUT2D eigenvalue weighted by Crippen LogP contribution is -2.29. The zero-order valence-corrected chi connectivity index (χ0v) is 27.3. The first-order valence-corrected chi connectivity index (χ1v) is 17.6. The molecule has 0 heterocycles. The van der Waals surface area contributed by atoms with Crippen LogP contribution in [0.5, 0.6) is 0 Å². The van der Waals surface area contributed by atoms with Crippen LogP contribution in [0.2, 0.25) is 0 Å². The molecule has 0 aliphatic heterocycles. The second-order valence-electron chi connectivity index (χ2n) is 10.6. The lowest BCUT2D eigenvalue weighted by atomic mass is 10.1. The molecule has 3 N–H and O–H groups in total. The quantitative estimate of drug-likeness (QED) is 0.0260. The summed E-state index contributed by atoms with van der Waals surface area (Å²) in [6, 6.07) is 0. The van der Waals surface area contributed by atoms with Gasteiger partial charge in [0, 0.05) is 12.8 Å². The smallest absolute Gasteiger partial charge is 0.462 e. The number of ether oxygens (including phenoxy) is 2. The molecular formula is C33H57O9P. The van der Waals surface area contributed by atoms with Crippen LogP contribution >= 0.6 is 7.82 Å². The largest absolute Gasteiger partial charge is 0.469 e. The fourth-order valence-corrected chi connectivity index (χ4v) is 4.36. The van der Waals surface area contributed by atoms with Crippen molar-refractivity contribution in [3.05, 3.63) is 48.6 Å². The molecule has 248 valence electrons. The van der Waals surface area contributed by atoms with Gasteiger partial charge in [0.25, 0.3) is 0 Å². The molecular weight excluding hydrogens is 571 g/mol. The zero-order chi connectivity index (χ0) is 32.0. The van der Waals surface area contributed by atoms with Gasteiger partial charge >= 0.3 is 19.8 Å². The third kappa shape index (κ3) is 31.2. The maximum absolute atomic E-state index is 12.2. The summed E-state index contributed by atoms with van der Waals surface area (Å²) in [7, 11) is -4.76. The summed E-state index contributed by atoms with van der Waals surface area (Å²) in [6.45, 7) is 3.42. The van der Waals surface area contributed by atoms with Crippen molar-refractivity contribution < 1.29 is 43.0 Å². The summed E-state index contributed by atoms with van der Waals surface area (Å²) in [5, 5.41) is 9.83. The number of phosphoric ester groups is 1. The Morgan fingerprint density at radius 3 is 2.02 bits per heavy atom. The van der Waals surface area contributed by atoms with Crippen LogP contribution in [0.25, 0.3) is 0 Å². The van der Waals surface area contributed by atoms with Gasteiger partial charge in [-0.3, -0.25) is 14.1 Å². The minimum Gasteiger partial charge on any atom is -0.462 e. The number of aliphatic hydroxyl groups is 1. The van der Waals surface area contributed by atoms with Crippen molar-refractivity contribution in [3.8, 4) is 0 Å². The number of carbonyl (C=O) groups is 2. The molecule has 0 aliphatic carbocycles. The molecule has 0 saturated heterocycles. The molecule has 2 atom stereocenters. The minimum absolute atomic E-state index is 0.115. The predicted molar refractivity (Wildman–Crippen MR) is 171 cm³/mol. The van der Waals surface area contributed by atoms with Crippen molar-refractivity contribution >= 4 is 19.8 Å². The number of allylic oxidation sites excluding steroid dienone is 7. The van der Waals surface area contributed by atoms with Crippen LogP contribution in [0.4, 0.5) is 0 Å². The fourth-order valence-electron chi connectivity index (χ4n) is 4.00. The Labute approximate surface area is 259 Å². The Bertz CT molecular complexity index is 860. The molecule has 0 spiro atoms. The van der Waals surface area contributed by atoms with E-state index in [9.17, 15) is 19.3 Å². The van der Waals surface area contributed by atoms with Gasteiger partial charge in [-0.1, -0.05) is 120 Å².